The van der Waals surface area contributed by atoms with Crippen LogP contribution in [0.5, 0.6) is 0 Å². The van der Waals surface area contributed by atoms with E-state index in [2.05, 4.69) is 6.92 Å². The van der Waals surface area contributed by atoms with Crippen LogP contribution in [0.4, 0.5) is 0 Å². The number of rotatable bonds is 2. The van der Waals surface area contributed by atoms with Crippen molar-refractivity contribution in [2.75, 3.05) is 6.61 Å². The van der Waals surface area contributed by atoms with E-state index < -0.39 is 0 Å². The van der Waals surface area contributed by atoms with Gasteiger partial charge in [-0.15, -0.1) is 0 Å². The van der Waals surface area contributed by atoms with Gasteiger partial charge in [-0.3, -0.25) is 0 Å². The van der Waals surface area contributed by atoms with Gasteiger partial charge in [-0.1, -0.05) is 13.3 Å². The fourth-order valence-corrected chi connectivity index (χ4v) is 0.129. The van der Waals surface area contributed by atoms with E-state index in [-0.39, 0.29) is 0 Å². The highest BCUT2D eigenvalue weighted by atomic mass is 16.3. The molecule has 0 aliphatic heterocycles. The molecule has 0 amide bonds. The summed E-state index contributed by atoms with van der Waals surface area (Å²) >= 11 is 0. The Morgan fingerprint density at radius 2 is 2.33 bits per heavy atom. The van der Waals surface area contributed by atoms with E-state index >= 15 is 0 Å². The Kier molecular flexibility index (Phi) is 3.24. The van der Waals surface area contributed by atoms with Gasteiger partial charge in [0.2, 0.25) is 0 Å². The van der Waals surface area contributed by atoms with Crippen molar-refractivity contribution in [3.05, 3.63) is 0 Å². The van der Waals surface area contributed by atoms with E-state index in [1.54, 1.807) is 0 Å². The lowest BCUT2D eigenvalue weighted by atomic mass is 9.86. The quantitative estimate of drug-likeness (QED) is 0.462. The third kappa shape index (κ3) is 2.27. The van der Waals surface area contributed by atoms with Crippen LogP contribution in [-0.4, -0.2) is 19.6 Å². The van der Waals surface area contributed by atoms with Crippen LogP contribution >= 0.6 is 0 Å². The lowest BCUT2D eigenvalue weighted by Gasteiger charge is -1.97. The molecule has 0 bridgehead atoms. The molecular weight excluding hydrogens is 74.9 g/mol. The zero-order valence-electron chi connectivity index (χ0n) is 4.44. The molecule has 0 unspecified atom stereocenters. The van der Waals surface area contributed by atoms with Crippen molar-refractivity contribution in [2.45, 2.75) is 19.2 Å². The maximum Gasteiger partial charge on any atom is 0.108 e. The van der Waals surface area contributed by atoms with Crippen LogP contribution in [0, 0.1) is 0 Å². The van der Waals surface area contributed by atoms with Crippen molar-refractivity contribution in [3.8, 4) is 0 Å². The maximum absolute atomic E-state index is 8.33. The highest BCUT2D eigenvalue weighted by Gasteiger charge is 1.90. The summed E-state index contributed by atoms with van der Waals surface area (Å²) in [6.07, 6.45) is 1.08. The van der Waals surface area contributed by atoms with Crippen LogP contribution in [-0.2, 0) is 0 Å². The predicted molar refractivity (Wildman–Crippen MR) is 29.7 cm³/mol. The molecule has 0 spiro atoms. The summed E-state index contributed by atoms with van der Waals surface area (Å²) in [7, 11) is 2.03. The molecule has 0 aromatic carbocycles. The second-order valence-corrected chi connectivity index (χ2v) is 1.70. The number of hydrogen-bond donors (Lipinski definition) is 1. The number of aliphatic hydroxyl groups excluding tert-OH is 1. The van der Waals surface area contributed by atoms with Gasteiger partial charge < -0.3 is 5.11 Å². The second-order valence-electron chi connectivity index (χ2n) is 1.70. The standard InChI is InChI=1S/C4H11BO/c1-2-4(5)3-6/h4,6H,2-3,5H2,1H3/t4-/m0/s1. The summed E-state index contributed by atoms with van der Waals surface area (Å²) in [4.78, 5) is 0. The molecule has 0 radical (unpaired) electrons. The molecule has 0 fully saturated rings. The predicted octanol–water partition coefficient (Wildman–Crippen LogP) is -0.190. The Morgan fingerprint density at radius 1 is 1.83 bits per heavy atom. The average Bonchev–Trinajstić information content (AvgIpc) is 1.65. The van der Waals surface area contributed by atoms with E-state index in [0.29, 0.717) is 12.4 Å². The van der Waals surface area contributed by atoms with Gasteiger partial charge in [0.1, 0.15) is 7.85 Å². The van der Waals surface area contributed by atoms with Crippen molar-refractivity contribution in [3.63, 3.8) is 0 Å². The molecule has 0 rings (SSSR count). The smallest absolute Gasteiger partial charge is 0.108 e. The van der Waals surface area contributed by atoms with Crippen molar-refractivity contribution in [1.29, 1.82) is 0 Å². The fraction of sp³-hybridized carbons (Fsp3) is 1.00. The second kappa shape index (κ2) is 3.22. The van der Waals surface area contributed by atoms with Crippen molar-refractivity contribution < 1.29 is 5.11 Å². The first-order valence-electron chi connectivity index (χ1n) is 2.42. The summed E-state index contributed by atoms with van der Waals surface area (Å²) in [5.41, 5.74) is 0. The summed E-state index contributed by atoms with van der Waals surface area (Å²) in [5, 5.41) is 8.33. The summed E-state index contributed by atoms with van der Waals surface area (Å²) in [5.74, 6) is 0.491. The average molecular weight is 85.9 g/mol. The van der Waals surface area contributed by atoms with Crippen LogP contribution in [0.2, 0.25) is 5.82 Å². The van der Waals surface area contributed by atoms with E-state index in [1.165, 1.54) is 0 Å². The largest absolute Gasteiger partial charge is 0.397 e. The molecular formula is C4H11BO. The Balaban J connectivity index is 2.75. The van der Waals surface area contributed by atoms with Gasteiger partial charge >= 0.3 is 0 Å². The molecule has 36 valence electrons. The Morgan fingerprint density at radius 3 is 2.33 bits per heavy atom. The molecule has 0 heterocycles. The lowest BCUT2D eigenvalue weighted by Crippen LogP contribution is -1.94. The zero-order valence-corrected chi connectivity index (χ0v) is 4.44. The van der Waals surface area contributed by atoms with Crippen molar-refractivity contribution in [2.24, 2.45) is 0 Å². The minimum absolute atomic E-state index is 0.330. The van der Waals surface area contributed by atoms with Crippen LogP contribution in [0.1, 0.15) is 13.3 Å². The maximum atomic E-state index is 8.33. The molecule has 6 heavy (non-hydrogen) atoms. The molecule has 0 aromatic heterocycles. The third-order valence-corrected chi connectivity index (χ3v) is 1.01. The van der Waals surface area contributed by atoms with Gasteiger partial charge in [0, 0.05) is 6.61 Å². The van der Waals surface area contributed by atoms with Crippen LogP contribution in [0.25, 0.3) is 0 Å². The first-order valence-corrected chi connectivity index (χ1v) is 2.42. The van der Waals surface area contributed by atoms with E-state index in [4.69, 9.17) is 5.11 Å². The lowest BCUT2D eigenvalue weighted by molar-refractivity contribution is 0.287. The molecule has 1 N–H and O–H groups in total. The van der Waals surface area contributed by atoms with Gasteiger partial charge in [0.15, 0.2) is 0 Å². The Labute approximate surface area is 39.8 Å². The minimum atomic E-state index is 0.330. The monoisotopic (exact) mass is 86.1 g/mol. The van der Waals surface area contributed by atoms with Gasteiger partial charge in [-0.2, -0.15) is 0 Å². The topological polar surface area (TPSA) is 20.2 Å². The van der Waals surface area contributed by atoms with Crippen LogP contribution < -0.4 is 0 Å². The molecule has 2 heteroatoms. The van der Waals surface area contributed by atoms with E-state index in [1.807, 2.05) is 7.85 Å². The normalized spacial score (nSPS) is 14.3. The van der Waals surface area contributed by atoms with Crippen molar-refractivity contribution >= 4 is 7.85 Å². The fourth-order valence-electron chi connectivity index (χ4n) is 0.129. The molecule has 0 aliphatic rings. The van der Waals surface area contributed by atoms with E-state index in [0.717, 1.165) is 6.42 Å². The molecule has 0 saturated carbocycles. The molecule has 0 aromatic rings. The Hall–Kier alpha value is 0.0249. The zero-order chi connectivity index (χ0) is 4.99. The van der Waals surface area contributed by atoms with Gasteiger partial charge in [-0.05, 0) is 5.82 Å². The van der Waals surface area contributed by atoms with Crippen LogP contribution in [0.3, 0.4) is 0 Å². The highest BCUT2D eigenvalue weighted by Crippen LogP contribution is 1.98. The minimum Gasteiger partial charge on any atom is -0.397 e. The van der Waals surface area contributed by atoms with Gasteiger partial charge in [-0.25, -0.2) is 0 Å². The van der Waals surface area contributed by atoms with Crippen LogP contribution in [0.15, 0.2) is 0 Å². The molecule has 1 atom stereocenters. The Bertz CT molecular complexity index is 26.7. The third-order valence-electron chi connectivity index (χ3n) is 1.01. The molecule has 0 saturated heterocycles. The summed E-state index contributed by atoms with van der Waals surface area (Å²) in [6, 6.07) is 0. The summed E-state index contributed by atoms with van der Waals surface area (Å²) < 4.78 is 0. The van der Waals surface area contributed by atoms with Crippen molar-refractivity contribution in [1.82, 2.24) is 0 Å². The van der Waals surface area contributed by atoms with Gasteiger partial charge in [0.25, 0.3) is 0 Å². The first kappa shape index (κ1) is 6.02. The van der Waals surface area contributed by atoms with E-state index in [9.17, 15) is 0 Å². The summed E-state index contributed by atoms with van der Waals surface area (Å²) in [6.45, 7) is 2.40. The van der Waals surface area contributed by atoms with Gasteiger partial charge in [0.05, 0.1) is 0 Å². The SMILES string of the molecule is B[C@@H](CC)CO. The number of hydrogen-bond acceptors (Lipinski definition) is 1. The molecule has 1 nitrogen and oxygen atoms in total. The number of aliphatic hydroxyl groups is 1. The first-order chi connectivity index (χ1) is 2.81. The highest BCUT2D eigenvalue weighted by molar-refractivity contribution is 6.11. The molecule has 0 aliphatic carbocycles.